The Morgan fingerprint density at radius 2 is 1.90 bits per heavy atom. The molecule has 0 atom stereocenters. The summed E-state index contributed by atoms with van der Waals surface area (Å²) in [6.07, 6.45) is 5.06. The summed E-state index contributed by atoms with van der Waals surface area (Å²) in [5.74, 6) is 0.124. The smallest absolute Gasteiger partial charge is 0.254 e. The number of hydrogen-bond acceptors (Lipinski definition) is 5. The van der Waals surface area contributed by atoms with Crippen molar-refractivity contribution in [2.75, 3.05) is 50.3 Å². The van der Waals surface area contributed by atoms with E-state index in [9.17, 15) is 4.79 Å². The van der Waals surface area contributed by atoms with E-state index in [1.54, 1.807) is 11.9 Å². The van der Waals surface area contributed by atoms with Gasteiger partial charge in [-0.2, -0.15) is 0 Å². The van der Waals surface area contributed by atoms with E-state index >= 15 is 0 Å². The molecule has 2 aliphatic rings. The first-order valence-electron chi connectivity index (χ1n) is 10.8. The molecule has 1 amide bonds. The summed E-state index contributed by atoms with van der Waals surface area (Å²) in [4.78, 5) is 17.4. The maximum atomic E-state index is 12.9. The quantitative estimate of drug-likeness (QED) is 0.711. The summed E-state index contributed by atoms with van der Waals surface area (Å²) in [6, 6.07) is 18.3. The third-order valence-corrected chi connectivity index (χ3v) is 6.63. The Kier molecular flexibility index (Phi) is 6.97. The van der Waals surface area contributed by atoms with E-state index in [1.807, 2.05) is 41.5 Å². The maximum absolute atomic E-state index is 12.9. The number of amides is 1. The van der Waals surface area contributed by atoms with Crippen LogP contribution in [0.5, 0.6) is 0 Å². The van der Waals surface area contributed by atoms with Crippen molar-refractivity contribution in [3.63, 3.8) is 0 Å². The topological polar surface area (TPSA) is 44.8 Å². The summed E-state index contributed by atoms with van der Waals surface area (Å²) in [7, 11) is 0. The molecule has 2 aromatic carbocycles. The van der Waals surface area contributed by atoms with Gasteiger partial charge in [0.05, 0.1) is 18.8 Å². The average Bonchev–Trinajstić information content (AvgIpc) is 2.79. The van der Waals surface area contributed by atoms with Crippen molar-refractivity contribution in [2.45, 2.75) is 24.9 Å². The molecular weight excluding hydrogens is 394 g/mol. The Morgan fingerprint density at radius 1 is 1.10 bits per heavy atom. The van der Waals surface area contributed by atoms with E-state index in [-0.39, 0.29) is 11.5 Å². The standard InChI is InChI=1S/C24H31N3O2S/c1-30-25-22-9-5-6-20(18-22)10-13-26-14-11-24(12-15-26)19-27(16-17-29-24)23(28)21-7-3-2-4-8-21/h2-9,18,25H,10-17,19H2,1H3. The minimum Gasteiger partial charge on any atom is -0.371 e. The molecule has 2 aliphatic heterocycles. The highest BCUT2D eigenvalue weighted by atomic mass is 32.2. The number of anilines is 1. The Labute approximate surface area is 183 Å². The molecule has 0 aromatic heterocycles. The van der Waals surface area contributed by atoms with Crippen LogP contribution >= 0.6 is 11.9 Å². The third kappa shape index (κ3) is 5.17. The molecule has 2 aromatic rings. The molecular formula is C24H31N3O2S. The molecule has 0 bridgehead atoms. The van der Waals surface area contributed by atoms with Crippen molar-refractivity contribution in [1.29, 1.82) is 0 Å². The number of morpholine rings is 1. The number of ether oxygens (including phenoxy) is 1. The number of benzene rings is 2. The van der Waals surface area contributed by atoms with E-state index < -0.39 is 0 Å². The number of nitrogens with one attached hydrogen (secondary N) is 1. The fraction of sp³-hybridized carbons (Fsp3) is 0.458. The van der Waals surface area contributed by atoms with Crippen LogP contribution in [-0.4, -0.2) is 66.9 Å². The zero-order chi connectivity index (χ0) is 20.8. The van der Waals surface area contributed by atoms with Gasteiger partial charge in [-0.25, -0.2) is 0 Å². The summed E-state index contributed by atoms with van der Waals surface area (Å²) in [6.45, 7) is 5.13. The molecule has 0 radical (unpaired) electrons. The molecule has 4 rings (SSSR count). The van der Waals surface area contributed by atoms with Crippen molar-refractivity contribution in [3.8, 4) is 0 Å². The zero-order valence-electron chi connectivity index (χ0n) is 17.7. The molecule has 0 unspecified atom stereocenters. The van der Waals surface area contributed by atoms with Crippen LogP contribution in [0.25, 0.3) is 0 Å². The second-order valence-corrected chi connectivity index (χ2v) is 8.83. The lowest BCUT2D eigenvalue weighted by Gasteiger charge is -2.47. The second-order valence-electron chi connectivity index (χ2n) is 8.22. The van der Waals surface area contributed by atoms with E-state index in [1.165, 1.54) is 5.56 Å². The van der Waals surface area contributed by atoms with Gasteiger partial charge in [-0.15, -0.1) is 0 Å². The van der Waals surface area contributed by atoms with Crippen LogP contribution in [0.15, 0.2) is 54.6 Å². The molecule has 30 heavy (non-hydrogen) atoms. The number of likely N-dealkylation sites (tertiary alicyclic amines) is 1. The molecule has 160 valence electrons. The molecule has 1 N–H and O–H groups in total. The number of rotatable bonds is 6. The molecule has 0 saturated carbocycles. The third-order valence-electron chi connectivity index (χ3n) is 6.19. The molecule has 1 spiro atoms. The van der Waals surface area contributed by atoms with Crippen LogP contribution < -0.4 is 4.72 Å². The van der Waals surface area contributed by atoms with Crippen LogP contribution in [0.2, 0.25) is 0 Å². The molecule has 2 saturated heterocycles. The second kappa shape index (κ2) is 9.86. The van der Waals surface area contributed by atoms with Gasteiger partial charge in [0.15, 0.2) is 0 Å². The van der Waals surface area contributed by atoms with Crippen LogP contribution in [0.3, 0.4) is 0 Å². The molecule has 6 heteroatoms. The van der Waals surface area contributed by atoms with Gasteiger partial charge in [0.25, 0.3) is 5.91 Å². The predicted octanol–water partition coefficient (Wildman–Crippen LogP) is 3.93. The van der Waals surface area contributed by atoms with Crippen molar-refractivity contribution in [2.24, 2.45) is 0 Å². The monoisotopic (exact) mass is 425 g/mol. The molecule has 5 nitrogen and oxygen atoms in total. The number of nitrogens with zero attached hydrogens (tertiary/aromatic N) is 2. The number of piperidine rings is 1. The number of hydrogen-bond donors (Lipinski definition) is 1. The van der Waals surface area contributed by atoms with Crippen LogP contribution in [0, 0.1) is 0 Å². The summed E-state index contributed by atoms with van der Waals surface area (Å²) >= 11 is 1.62. The normalized spacial score (nSPS) is 19.0. The highest BCUT2D eigenvalue weighted by Gasteiger charge is 2.40. The number of carbonyl (C=O) groups excluding carboxylic acids is 1. The fourth-order valence-corrected chi connectivity index (χ4v) is 4.83. The highest BCUT2D eigenvalue weighted by Crippen LogP contribution is 2.31. The molecule has 2 fully saturated rings. The van der Waals surface area contributed by atoms with Gasteiger partial charge in [-0.05, 0) is 49.1 Å². The maximum Gasteiger partial charge on any atom is 0.254 e. The van der Waals surface area contributed by atoms with Crippen molar-refractivity contribution >= 4 is 23.5 Å². The van der Waals surface area contributed by atoms with Gasteiger partial charge >= 0.3 is 0 Å². The zero-order valence-corrected chi connectivity index (χ0v) is 18.5. The largest absolute Gasteiger partial charge is 0.371 e. The van der Waals surface area contributed by atoms with Gasteiger partial charge in [0.2, 0.25) is 0 Å². The minimum atomic E-state index is -0.179. The first-order valence-corrected chi connectivity index (χ1v) is 12.0. The van der Waals surface area contributed by atoms with Gasteiger partial charge in [0.1, 0.15) is 0 Å². The van der Waals surface area contributed by atoms with Crippen molar-refractivity contribution < 1.29 is 9.53 Å². The molecule has 0 aliphatic carbocycles. The Hall–Kier alpha value is -2.02. The summed E-state index contributed by atoms with van der Waals surface area (Å²) in [5, 5.41) is 0. The van der Waals surface area contributed by atoms with Crippen LogP contribution in [-0.2, 0) is 11.2 Å². The van der Waals surface area contributed by atoms with Gasteiger partial charge < -0.3 is 19.3 Å². The van der Waals surface area contributed by atoms with Crippen LogP contribution in [0.1, 0.15) is 28.8 Å². The van der Waals surface area contributed by atoms with Crippen molar-refractivity contribution in [1.82, 2.24) is 9.80 Å². The lowest BCUT2D eigenvalue weighted by atomic mass is 9.89. The Balaban J connectivity index is 1.29. The first kappa shape index (κ1) is 21.2. The van der Waals surface area contributed by atoms with Crippen LogP contribution in [0.4, 0.5) is 5.69 Å². The average molecular weight is 426 g/mol. The lowest BCUT2D eigenvalue weighted by molar-refractivity contribution is -0.127. The van der Waals surface area contributed by atoms with Crippen molar-refractivity contribution in [3.05, 3.63) is 65.7 Å². The van der Waals surface area contributed by atoms with Gasteiger partial charge in [0, 0.05) is 43.7 Å². The van der Waals surface area contributed by atoms with E-state index in [0.29, 0.717) is 19.7 Å². The minimum absolute atomic E-state index is 0.124. The first-order chi connectivity index (χ1) is 14.7. The predicted molar refractivity (Wildman–Crippen MR) is 124 cm³/mol. The van der Waals surface area contributed by atoms with Gasteiger partial charge in [-0.1, -0.05) is 42.3 Å². The SMILES string of the molecule is CSNc1cccc(CCN2CCC3(CC2)CN(C(=O)c2ccccc2)CCO3)c1. The highest BCUT2D eigenvalue weighted by molar-refractivity contribution is 7.99. The lowest BCUT2D eigenvalue weighted by Crippen LogP contribution is -2.58. The summed E-state index contributed by atoms with van der Waals surface area (Å²) in [5.41, 5.74) is 3.12. The fourth-order valence-electron chi connectivity index (χ4n) is 4.46. The van der Waals surface area contributed by atoms with E-state index in [4.69, 9.17) is 4.74 Å². The van der Waals surface area contributed by atoms with E-state index in [0.717, 1.165) is 50.1 Å². The number of carbonyl (C=O) groups is 1. The summed E-state index contributed by atoms with van der Waals surface area (Å²) < 4.78 is 9.55. The van der Waals surface area contributed by atoms with E-state index in [2.05, 4.69) is 33.9 Å². The Bertz CT molecular complexity index is 837. The Morgan fingerprint density at radius 3 is 2.67 bits per heavy atom. The molecule has 2 heterocycles. The van der Waals surface area contributed by atoms with Gasteiger partial charge in [-0.3, -0.25) is 4.79 Å².